The van der Waals surface area contributed by atoms with E-state index in [1.165, 1.54) is 0 Å². The van der Waals surface area contributed by atoms with Crippen LogP contribution < -0.4 is 15.6 Å². The van der Waals surface area contributed by atoms with Crippen LogP contribution in [0.25, 0.3) is 0 Å². The van der Waals surface area contributed by atoms with E-state index in [2.05, 4.69) is 16.0 Å². The predicted molar refractivity (Wildman–Crippen MR) is 92.3 cm³/mol. The highest BCUT2D eigenvalue weighted by Gasteiger charge is 2.22. The van der Waals surface area contributed by atoms with Gasteiger partial charge in [-0.05, 0) is 44.0 Å². The van der Waals surface area contributed by atoms with Crippen molar-refractivity contribution in [2.75, 3.05) is 6.61 Å². The van der Waals surface area contributed by atoms with Gasteiger partial charge in [-0.1, -0.05) is 25.1 Å². The molecule has 0 saturated carbocycles. The van der Waals surface area contributed by atoms with Gasteiger partial charge in [0.1, 0.15) is 11.3 Å². The van der Waals surface area contributed by atoms with E-state index >= 15 is 0 Å². The third kappa shape index (κ3) is 4.82. The number of carbonyl (C=O) groups is 2. The van der Waals surface area contributed by atoms with Crippen LogP contribution in [0.1, 0.15) is 52.7 Å². The number of benzene rings is 1. The van der Waals surface area contributed by atoms with Gasteiger partial charge in [-0.2, -0.15) is 0 Å². The SMILES string of the molecule is Cc1cc(C)cc(OCC(=O)NNC(=O)c2c(C)noc2C(C)C)c1. The number of hydrogen-bond donors (Lipinski definition) is 2. The average Bonchev–Trinajstić information content (AvgIpc) is 2.91. The molecule has 0 bridgehead atoms. The van der Waals surface area contributed by atoms with Gasteiger partial charge in [0.15, 0.2) is 12.4 Å². The van der Waals surface area contributed by atoms with Crippen molar-refractivity contribution in [1.29, 1.82) is 0 Å². The molecule has 0 aliphatic rings. The molecular formula is C18H23N3O4. The van der Waals surface area contributed by atoms with Crippen LogP contribution in [-0.4, -0.2) is 23.6 Å². The Balaban J connectivity index is 1.89. The molecule has 0 unspecified atom stereocenters. The first-order valence-electron chi connectivity index (χ1n) is 8.04. The minimum atomic E-state index is -0.470. The summed E-state index contributed by atoms with van der Waals surface area (Å²) >= 11 is 0. The molecule has 0 spiro atoms. The number of amides is 2. The number of aromatic nitrogens is 1. The Morgan fingerprint density at radius 3 is 2.36 bits per heavy atom. The number of hydrogen-bond acceptors (Lipinski definition) is 5. The lowest BCUT2D eigenvalue weighted by Crippen LogP contribution is -2.44. The number of aryl methyl sites for hydroxylation is 3. The first-order chi connectivity index (χ1) is 11.8. The maximum atomic E-state index is 12.3. The molecule has 2 rings (SSSR count). The molecule has 0 radical (unpaired) electrons. The van der Waals surface area contributed by atoms with E-state index in [1.807, 2.05) is 45.9 Å². The van der Waals surface area contributed by atoms with Crippen molar-refractivity contribution < 1.29 is 18.8 Å². The van der Waals surface area contributed by atoms with Crippen LogP contribution in [0, 0.1) is 20.8 Å². The third-order valence-electron chi connectivity index (χ3n) is 3.52. The summed E-state index contributed by atoms with van der Waals surface area (Å²) in [4.78, 5) is 24.1. The smallest absolute Gasteiger partial charge is 0.276 e. The average molecular weight is 345 g/mol. The first kappa shape index (κ1) is 18.5. The van der Waals surface area contributed by atoms with Crippen molar-refractivity contribution in [3.05, 3.63) is 46.3 Å². The molecule has 25 heavy (non-hydrogen) atoms. The Bertz CT molecular complexity index is 760. The van der Waals surface area contributed by atoms with Crippen molar-refractivity contribution in [3.63, 3.8) is 0 Å². The molecule has 1 aromatic carbocycles. The molecule has 7 heteroatoms. The van der Waals surface area contributed by atoms with Gasteiger partial charge >= 0.3 is 0 Å². The summed E-state index contributed by atoms with van der Waals surface area (Å²) in [6, 6.07) is 5.70. The Labute approximate surface area is 146 Å². The normalized spacial score (nSPS) is 10.6. The number of rotatable bonds is 5. The van der Waals surface area contributed by atoms with Crippen molar-refractivity contribution in [2.24, 2.45) is 0 Å². The lowest BCUT2D eigenvalue weighted by Gasteiger charge is -2.10. The first-order valence-corrected chi connectivity index (χ1v) is 8.04. The Kier molecular flexibility index (Phi) is 5.80. The zero-order valence-corrected chi connectivity index (χ0v) is 15.1. The second-order valence-electron chi connectivity index (χ2n) is 6.28. The van der Waals surface area contributed by atoms with E-state index < -0.39 is 11.8 Å². The molecule has 0 aliphatic heterocycles. The predicted octanol–water partition coefficient (Wildman–Crippen LogP) is 2.56. The quantitative estimate of drug-likeness (QED) is 0.812. The van der Waals surface area contributed by atoms with Crippen LogP contribution in [0.15, 0.2) is 22.7 Å². The molecule has 2 aromatic rings. The molecule has 0 aliphatic carbocycles. The number of nitrogens with zero attached hydrogens (tertiary/aromatic N) is 1. The minimum Gasteiger partial charge on any atom is -0.484 e. The topological polar surface area (TPSA) is 93.5 Å². The van der Waals surface area contributed by atoms with Crippen molar-refractivity contribution in [3.8, 4) is 5.75 Å². The van der Waals surface area contributed by atoms with Crippen molar-refractivity contribution in [1.82, 2.24) is 16.0 Å². The molecule has 0 saturated heterocycles. The highest BCUT2D eigenvalue weighted by Crippen LogP contribution is 2.21. The van der Waals surface area contributed by atoms with Gasteiger partial charge in [0.05, 0.1) is 5.69 Å². The van der Waals surface area contributed by atoms with Gasteiger partial charge in [0.2, 0.25) is 0 Å². The lowest BCUT2D eigenvalue weighted by atomic mass is 10.1. The fourth-order valence-electron chi connectivity index (χ4n) is 2.45. The van der Waals surface area contributed by atoms with E-state index in [0.29, 0.717) is 22.8 Å². The highest BCUT2D eigenvalue weighted by molar-refractivity contribution is 5.97. The summed E-state index contributed by atoms with van der Waals surface area (Å²) in [5.41, 5.74) is 7.60. The molecule has 0 fully saturated rings. The number of ether oxygens (including phenoxy) is 1. The fourth-order valence-corrected chi connectivity index (χ4v) is 2.45. The molecule has 0 atom stereocenters. The summed E-state index contributed by atoms with van der Waals surface area (Å²) < 4.78 is 10.6. The maximum absolute atomic E-state index is 12.3. The van der Waals surface area contributed by atoms with Crippen molar-refractivity contribution >= 4 is 11.8 Å². The Hall–Kier alpha value is -2.83. The maximum Gasteiger partial charge on any atom is 0.276 e. The van der Waals surface area contributed by atoms with Gasteiger partial charge in [-0.25, -0.2) is 0 Å². The molecule has 1 aromatic heterocycles. The van der Waals surface area contributed by atoms with E-state index in [4.69, 9.17) is 9.26 Å². The molecular weight excluding hydrogens is 322 g/mol. The third-order valence-corrected chi connectivity index (χ3v) is 3.52. The fraction of sp³-hybridized carbons (Fsp3) is 0.389. The van der Waals surface area contributed by atoms with Gasteiger partial charge < -0.3 is 9.26 Å². The van der Waals surface area contributed by atoms with Gasteiger partial charge in [-0.15, -0.1) is 0 Å². The minimum absolute atomic E-state index is 0.00513. The van der Waals surface area contributed by atoms with Crippen LogP contribution in [0.5, 0.6) is 5.75 Å². The van der Waals surface area contributed by atoms with E-state index in [9.17, 15) is 9.59 Å². The second kappa shape index (κ2) is 7.83. The summed E-state index contributed by atoms with van der Waals surface area (Å²) in [5.74, 6) is 0.159. The molecule has 7 nitrogen and oxygen atoms in total. The lowest BCUT2D eigenvalue weighted by molar-refractivity contribution is -0.123. The number of hydrazine groups is 1. The largest absolute Gasteiger partial charge is 0.484 e. The zero-order chi connectivity index (χ0) is 18.6. The van der Waals surface area contributed by atoms with Gasteiger partial charge in [-0.3, -0.25) is 20.4 Å². The standard InChI is InChI=1S/C18H23N3O4/c1-10(2)17-16(13(5)21-25-17)18(23)20-19-15(22)9-24-14-7-11(3)6-12(4)8-14/h6-8,10H,9H2,1-5H3,(H,19,22)(H,20,23). The number of nitrogens with one attached hydrogen (secondary N) is 2. The summed E-state index contributed by atoms with van der Waals surface area (Å²) in [7, 11) is 0. The number of carbonyl (C=O) groups excluding carboxylic acids is 2. The highest BCUT2D eigenvalue weighted by atomic mass is 16.5. The molecule has 134 valence electrons. The van der Waals surface area contributed by atoms with Gasteiger partial charge in [0, 0.05) is 5.92 Å². The second-order valence-corrected chi connectivity index (χ2v) is 6.28. The molecule has 2 amide bonds. The van der Waals surface area contributed by atoms with Crippen LogP contribution in [-0.2, 0) is 4.79 Å². The van der Waals surface area contributed by atoms with Gasteiger partial charge in [0.25, 0.3) is 11.8 Å². The van der Waals surface area contributed by atoms with Crippen LogP contribution in [0.4, 0.5) is 0 Å². The Morgan fingerprint density at radius 1 is 1.12 bits per heavy atom. The molecule has 1 heterocycles. The van der Waals surface area contributed by atoms with E-state index in [0.717, 1.165) is 11.1 Å². The van der Waals surface area contributed by atoms with Crippen molar-refractivity contribution in [2.45, 2.75) is 40.5 Å². The summed E-state index contributed by atoms with van der Waals surface area (Å²) in [6.07, 6.45) is 0. The van der Waals surface area contributed by atoms with Crippen LogP contribution in [0.2, 0.25) is 0 Å². The zero-order valence-electron chi connectivity index (χ0n) is 15.1. The van der Waals surface area contributed by atoms with E-state index in [-0.39, 0.29) is 12.5 Å². The summed E-state index contributed by atoms with van der Waals surface area (Å²) in [6.45, 7) is 9.17. The Morgan fingerprint density at radius 2 is 1.76 bits per heavy atom. The van der Waals surface area contributed by atoms with Crippen LogP contribution in [0.3, 0.4) is 0 Å². The summed E-state index contributed by atoms with van der Waals surface area (Å²) in [5, 5.41) is 3.81. The molecule has 2 N–H and O–H groups in total. The van der Waals surface area contributed by atoms with E-state index in [1.54, 1.807) is 6.92 Å². The monoisotopic (exact) mass is 345 g/mol. The van der Waals surface area contributed by atoms with Crippen LogP contribution >= 0.6 is 0 Å².